The Labute approximate surface area is 157 Å². The number of hydrogen-bond acceptors (Lipinski definition) is 5. The maximum atomic E-state index is 12.1. The first-order valence-electron chi connectivity index (χ1n) is 9.09. The molecule has 1 aromatic carbocycles. The van der Waals surface area contributed by atoms with Crippen molar-refractivity contribution >= 4 is 23.8 Å². The average molecular weight is 373 g/mol. The van der Waals surface area contributed by atoms with Crippen LogP contribution < -0.4 is 10.2 Å². The van der Waals surface area contributed by atoms with E-state index >= 15 is 0 Å². The first kappa shape index (κ1) is 17.6. The summed E-state index contributed by atoms with van der Waals surface area (Å²) in [7, 11) is 1.40. The third kappa shape index (κ3) is 3.09. The zero-order chi connectivity index (χ0) is 19.2. The van der Waals surface area contributed by atoms with E-state index in [1.807, 2.05) is 24.3 Å². The molecule has 1 saturated carbocycles. The van der Waals surface area contributed by atoms with Crippen LogP contribution in [0.15, 0.2) is 24.3 Å². The van der Waals surface area contributed by atoms with E-state index in [-0.39, 0.29) is 23.5 Å². The SMILES string of the molecule is COC(=O)N1CC2CC2(c2ccc(N3C[C@H](CNC(C)=O)OC3=O)cc2)C1. The van der Waals surface area contributed by atoms with Gasteiger partial charge in [0.1, 0.15) is 6.10 Å². The molecular formula is C19H23N3O5. The Kier molecular flexibility index (Phi) is 4.20. The molecular weight excluding hydrogens is 350 g/mol. The van der Waals surface area contributed by atoms with E-state index in [9.17, 15) is 14.4 Å². The zero-order valence-electron chi connectivity index (χ0n) is 15.4. The number of cyclic esters (lactones) is 1. The number of nitrogens with zero attached hydrogens (tertiary/aromatic N) is 2. The minimum absolute atomic E-state index is 0.0200. The molecule has 2 heterocycles. The molecule has 3 aliphatic rings. The van der Waals surface area contributed by atoms with E-state index in [0.717, 1.165) is 18.7 Å². The van der Waals surface area contributed by atoms with Crippen LogP contribution in [0.5, 0.6) is 0 Å². The predicted octanol–water partition coefficient (Wildman–Crippen LogP) is 1.49. The Balaban J connectivity index is 1.42. The lowest BCUT2D eigenvalue weighted by Crippen LogP contribution is -2.33. The van der Waals surface area contributed by atoms with E-state index in [2.05, 4.69) is 5.32 Å². The van der Waals surface area contributed by atoms with Gasteiger partial charge in [0.25, 0.3) is 0 Å². The fourth-order valence-corrected chi connectivity index (χ4v) is 4.27. The highest BCUT2D eigenvalue weighted by atomic mass is 16.6. The predicted molar refractivity (Wildman–Crippen MR) is 96.5 cm³/mol. The number of nitrogens with one attached hydrogen (secondary N) is 1. The molecule has 27 heavy (non-hydrogen) atoms. The van der Waals surface area contributed by atoms with Gasteiger partial charge in [0.2, 0.25) is 5.91 Å². The van der Waals surface area contributed by atoms with Gasteiger partial charge >= 0.3 is 12.2 Å². The van der Waals surface area contributed by atoms with E-state index in [4.69, 9.17) is 9.47 Å². The second kappa shape index (κ2) is 6.44. The second-order valence-electron chi connectivity index (χ2n) is 7.51. The molecule has 2 unspecified atom stereocenters. The van der Waals surface area contributed by atoms with E-state index in [1.165, 1.54) is 19.6 Å². The smallest absolute Gasteiger partial charge is 0.414 e. The molecule has 0 spiro atoms. The van der Waals surface area contributed by atoms with Crippen molar-refractivity contribution in [2.75, 3.05) is 38.2 Å². The number of fused-ring (bicyclic) bond motifs is 1. The molecule has 1 aromatic rings. The number of ether oxygens (including phenoxy) is 2. The lowest BCUT2D eigenvalue weighted by atomic mass is 9.95. The molecule has 0 radical (unpaired) electrons. The number of piperidine rings is 1. The summed E-state index contributed by atoms with van der Waals surface area (Å²) in [6.45, 7) is 3.56. The number of methoxy groups -OCH3 is 1. The van der Waals surface area contributed by atoms with Crippen LogP contribution >= 0.6 is 0 Å². The van der Waals surface area contributed by atoms with Gasteiger partial charge in [-0.15, -0.1) is 0 Å². The van der Waals surface area contributed by atoms with Crippen molar-refractivity contribution < 1.29 is 23.9 Å². The third-order valence-corrected chi connectivity index (χ3v) is 5.79. The van der Waals surface area contributed by atoms with Crippen molar-refractivity contribution in [2.45, 2.75) is 24.9 Å². The Morgan fingerprint density at radius 1 is 1.30 bits per heavy atom. The minimum atomic E-state index is -0.404. The number of amides is 3. The Morgan fingerprint density at radius 2 is 2.04 bits per heavy atom. The van der Waals surface area contributed by atoms with Crippen LogP contribution in [0.2, 0.25) is 0 Å². The van der Waals surface area contributed by atoms with Gasteiger partial charge in [0.05, 0.1) is 20.2 Å². The third-order valence-electron chi connectivity index (χ3n) is 5.79. The van der Waals surface area contributed by atoms with Crippen LogP contribution in [0.25, 0.3) is 0 Å². The first-order valence-corrected chi connectivity index (χ1v) is 9.09. The second-order valence-corrected chi connectivity index (χ2v) is 7.51. The van der Waals surface area contributed by atoms with Gasteiger partial charge in [-0.25, -0.2) is 9.59 Å². The molecule has 8 nitrogen and oxygen atoms in total. The van der Waals surface area contributed by atoms with Gasteiger partial charge in [0.15, 0.2) is 0 Å². The molecule has 0 aromatic heterocycles. The highest BCUT2D eigenvalue weighted by molar-refractivity contribution is 5.89. The number of benzene rings is 1. The van der Waals surface area contributed by atoms with E-state index in [0.29, 0.717) is 25.6 Å². The average Bonchev–Trinajstić information content (AvgIpc) is 3.03. The molecule has 2 saturated heterocycles. The molecule has 1 N–H and O–H groups in total. The summed E-state index contributed by atoms with van der Waals surface area (Å²) in [6, 6.07) is 7.90. The van der Waals surface area contributed by atoms with Crippen LogP contribution in [-0.2, 0) is 19.7 Å². The summed E-state index contributed by atoms with van der Waals surface area (Å²) < 4.78 is 10.1. The van der Waals surface area contributed by atoms with Crippen LogP contribution in [0, 0.1) is 5.92 Å². The molecule has 3 fully saturated rings. The van der Waals surface area contributed by atoms with Gasteiger partial charge in [-0.05, 0) is 30.0 Å². The highest BCUT2D eigenvalue weighted by Crippen LogP contribution is 2.59. The Hall–Kier alpha value is -2.77. The monoisotopic (exact) mass is 373 g/mol. The summed E-state index contributed by atoms with van der Waals surface area (Å²) in [6.07, 6.45) is 0.0437. The van der Waals surface area contributed by atoms with Crippen LogP contribution in [-0.4, -0.2) is 62.4 Å². The summed E-state index contributed by atoms with van der Waals surface area (Å²) in [4.78, 5) is 38.2. The van der Waals surface area contributed by atoms with Crippen LogP contribution in [0.4, 0.5) is 15.3 Å². The number of anilines is 1. The molecule has 0 bridgehead atoms. The molecule has 3 atom stereocenters. The lowest BCUT2D eigenvalue weighted by Gasteiger charge is -2.20. The number of hydrogen-bond donors (Lipinski definition) is 1. The lowest BCUT2D eigenvalue weighted by molar-refractivity contribution is -0.119. The zero-order valence-corrected chi connectivity index (χ0v) is 15.4. The van der Waals surface area contributed by atoms with Crippen molar-refractivity contribution in [1.82, 2.24) is 10.2 Å². The molecule has 8 heteroatoms. The van der Waals surface area contributed by atoms with Crippen LogP contribution in [0.1, 0.15) is 18.9 Å². The van der Waals surface area contributed by atoms with E-state index in [1.54, 1.807) is 9.80 Å². The van der Waals surface area contributed by atoms with Crippen molar-refractivity contribution in [3.05, 3.63) is 29.8 Å². The van der Waals surface area contributed by atoms with Crippen molar-refractivity contribution in [3.8, 4) is 0 Å². The summed E-state index contributed by atoms with van der Waals surface area (Å²) in [5.41, 5.74) is 1.97. The number of rotatable bonds is 4. The van der Waals surface area contributed by atoms with Gasteiger partial charge in [-0.3, -0.25) is 9.69 Å². The van der Waals surface area contributed by atoms with Gasteiger partial charge in [0, 0.05) is 31.1 Å². The highest BCUT2D eigenvalue weighted by Gasteiger charge is 2.61. The maximum Gasteiger partial charge on any atom is 0.414 e. The normalized spacial score (nSPS) is 28.6. The molecule has 144 valence electrons. The van der Waals surface area contributed by atoms with Crippen molar-refractivity contribution in [2.24, 2.45) is 5.92 Å². The minimum Gasteiger partial charge on any atom is -0.453 e. The van der Waals surface area contributed by atoms with Gasteiger partial charge in [-0.2, -0.15) is 0 Å². The topological polar surface area (TPSA) is 88.2 Å². The Bertz CT molecular complexity index is 780. The fourth-order valence-electron chi connectivity index (χ4n) is 4.27. The number of carbonyl (C=O) groups excluding carboxylic acids is 3. The molecule has 2 aliphatic heterocycles. The fraction of sp³-hybridized carbons (Fsp3) is 0.526. The summed E-state index contributed by atoms with van der Waals surface area (Å²) in [5, 5.41) is 2.67. The molecule has 4 rings (SSSR count). The first-order chi connectivity index (χ1) is 12.9. The maximum absolute atomic E-state index is 12.1. The summed E-state index contributed by atoms with van der Waals surface area (Å²) >= 11 is 0. The quantitative estimate of drug-likeness (QED) is 0.864. The van der Waals surface area contributed by atoms with Crippen molar-refractivity contribution in [1.29, 1.82) is 0 Å². The van der Waals surface area contributed by atoms with E-state index < -0.39 is 6.09 Å². The Morgan fingerprint density at radius 3 is 2.70 bits per heavy atom. The number of carbonyl (C=O) groups is 3. The number of likely N-dealkylation sites (tertiary alicyclic amines) is 1. The van der Waals surface area contributed by atoms with Crippen LogP contribution in [0.3, 0.4) is 0 Å². The molecule has 3 amide bonds. The van der Waals surface area contributed by atoms with Crippen molar-refractivity contribution in [3.63, 3.8) is 0 Å². The van der Waals surface area contributed by atoms with Gasteiger partial charge in [-0.1, -0.05) is 12.1 Å². The summed E-state index contributed by atoms with van der Waals surface area (Å²) in [5.74, 6) is 0.325. The largest absolute Gasteiger partial charge is 0.453 e. The standard InChI is InChI=1S/C19H23N3O5/c1-12(23)20-8-16-10-22(18(25)27-16)15-5-3-13(4-6-15)19-7-14(19)9-21(11-19)17(24)26-2/h3-6,14,16H,7-11H2,1-2H3,(H,20,23)/t14?,16-,19?/m0/s1. The van der Waals surface area contributed by atoms with Gasteiger partial charge < -0.3 is 19.7 Å². The molecule has 1 aliphatic carbocycles.